The number of aromatic nitrogens is 1. The Balaban J connectivity index is 0.00000338. The van der Waals surface area contributed by atoms with Crippen molar-refractivity contribution < 1.29 is 0 Å². The lowest BCUT2D eigenvalue weighted by Gasteiger charge is -2.40. The molecule has 0 aromatic carbocycles. The number of piperidine rings is 1. The van der Waals surface area contributed by atoms with E-state index in [1.54, 1.807) is 11.3 Å². The van der Waals surface area contributed by atoms with E-state index < -0.39 is 0 Å². The van der Waals surface area contributed by atoms with E-state index >= 15 is 0 Å². The van der Waals surface area contributed by atoms with Gasteiger partial charge in [0.2, 0.25) is 0 Å². The molecule has 150 valence electrons. The first-order chi connectivity index (χ1) is 12.0. The van der Waals surface area contributed by atoms with Crippen molar-refractivity contribution in [2.24, 2.45) is 4.99 Å². The first-order valence-corrected chi connectivity index (χ1v) is 10.6. The van der Waals surface area contributed by atoms with E-state index in [2.05, 4.69) is 53.6 Å². The number of nitrogens with one attached hydrogen (secondary N) is 2. The highest BCUT2D eigenvalue weighted by molar-refractivity contribution is 14.0. The topological polar surface area (TPSA) is 52.6 Å². The lowest BCUT2D eigenvalue weighted by atomic mass is 9.99. The number of aryl methyl sites for hydroxylation is 1. The van der Waals surface area contributed by atoms with E-state index in [0.717, 1.165) is 38.4 Å². The predicted molar refractivity (Wildman–Crippen MR) is 124 cm³/mol. The molecule has 2 N–H and O–H groups in total. The molecule has 1 aliphatic heterocycles. The van der Waals surface area contributed by atoms with Crippen LogP contribution in [0.5, 0.6) is 0 Å². The molecule has 1 aromatic rings. The SMILES string of the molecule is CCNC(=NCC(C)(C)N1CCCCC1)NCCc1csc(CC)n1.I. The van der Waals surface area contributed by atoms with E-state index in [0.29, 0.717) is 0 Å². The predicted octanol–water partition coefficient (Wildman–Crippen LogP) is 3.69. The highest BCUT2D eigenvalue weighted by Crippen LogP contribution is 2.20. The molecule has 1 fully saturated rings. The highest BCUT2D eigenvalue weighted by Gasteiger charge is 2.27. The molecular formula is C19H36IN5S. The molecule has 2 rings (SSSR count). The second-order valence-corrected chi connectivity index (χ2v) is 8.26. The summed E-state index contributed by atoms with van der Waals surface area (Å²) in [6.45, 7) is 13.9. The minimum Gasteiger partial charge on any atom is -0.357 e. The lowest BCUT2D eigenvalue weighted by molar-refractivity contribution is 0.102. The molecule has 0 unspecified atom stereocenters. The smallest absolute Gasteiger partial charge is 0.191 e. The Hall–Kier alpha value is -0.410. The van der Waals surface area contributed by atoms with Crippen LogP contribution in [0.25, 0.3) is 0 Å². The monoisotopic (exact) mass is 493 g/mol. The number of guanidine groups is 1. The molecule has 0 spiro atoms. The number of nitrogens with zero attached hydrogens (tertiary/aromatic N) is 3. The highest BCUT2D eigenvalue weighted by atomic mass is 127. The van der Waals surface area contributed by atoms with Crippen LogP contribution in [0.1, 0.15) is 57.7 Å². The molecule has 26 heavy (non-hydrogen) atoms. The lowest BCUT2D eigenvalue weighted by Crippen LogP contribution is -2.49. The summed E-state index contributed by atoms with van der Waals surface area (Å²) < 4.78 is 0. The summed E-state index contributed by atoms with van der Waals surface area (Å²) in [4.78, 5) is 12.1. The first-order valence-electron chi connectivity index (χ1n) is 9.75. The third-order valence-corrected chi connectivity index (χ3v) is 5.80. The van der Waals surface area contributed by atoms with Crippen LogP contribution in [-0.4, -0.2) is 54.1 Å². The summed E-state index contributed by atoms with van der Waals surface area (Å²) in [6.07, 6.45) is 5.97. The molecule has 1 aliphatic rings. The molecule has 0 atom stereocenters. The van der Waals surface area contributed by atoms with Crippen LogP contribution >= 0.6 is 35.3 Å². The van der Waals surface area contributed by atoms with Crippen molar-refractivity contribution in [2.45, 2.75) is 65.3 Å². The second-order valence-electron chi connectivity index (χ2n) is 7.32. The summed E-state index contributed by atoms with van der Waals surface area (Å²) in [5, 5.41) is 10.2. The number of halogens is 1. The van der Waals surface area contributed by atoms with Gasteiger partial charge in [0, 0.05) is 30.4 Å². The van der Waals surface area contributed by atoms with Gasteiger partial charge in [0.25, 0.3) is 0 Å². The van der Waals surface area contributed by atoms with Gasteiger partial charge in [-0.05, 0) is 53.1 Å². The first kappa shape index (κ1) is 23.6. The number of rotatable bonds is 8. The molecule has 1 aromatic heterocycles. The van der Waals surface area contributed by atoms with Gasteiger partial charge in [0.1, 0.15) is 0 Å². The number of thiazole rings is 1. The van der Waals surface area contributed by atoms with Crippen LogP contribution in [0, 0.1) is 0 Å². The summed E-state index contributed by atoms with van der Waals surface area (Å²) in [5.41, 5.74) is 1.30. The fourth-order valence-corrected chi connectivity index (χ4v) is 3.93. The molecule has 0 bridgehead atoms. The van der Waals surface area contributed by atoms with Gasteiger partial charge in [0.05, 0.1) is 17.2 Å². The Morgan fingerprint density at radius 1 is 1.23 bits per heavy atom. The minimum atomic E-state index is 0. The molecule has 1 saturated heterocycles. The maximum atomic E-state index is 4.85. The third-order valence-electron chi connectivity index (χ3n) is 4.76. The van der Waals surface area contributed by atoms with Gasteiger partial charge in [0.15, 0.2) is 5.96 Å². The Bertz CT molecular complexity index is 538. The van der Waals surface area contributed by atoms with E-state index in [1.165, 1.54) is 43.1 Å². The molecule has 0 amide bonds. The van der Waals surface area contributed by atoms with Crippen LogP contribution in [0.3, 0.4) is 0 Å². The zero-order valence-corrected chi connectivity index (χ0v) is 20.0. The normalized spacial score (nSPS) is 16.2. The number of hydrogen-bond donors (Lipinski definition) is 2. The quantitative estimate of drug-likeness (QED) is 0.330. The molecular weight excluding hydrogens is 457 g/mol. The fourth-order valence-electron chi connectivity index (χ4n) is 3.15. The molecule has 0 aliphatic carbocycles. The van der Waals surface area contributed by atoms with E-state index in [-0.39, 0.29) is 29.5 Å². The fraction of sp³-hybridized carbons (Fsp3) is 0.789. The van der Waals surface area contributed by atoms with Gasteiger partial charge in [-0.3, -0.25) is 9.89 Å². The summed E-state index contributed by atoms with van der Waals surface area (Å²) in [5.74, 6) is 0.915. The van der Waals surface area contributed by atoms with Gasteiger partial charge in [-0.25, -0.2) is 4.98 Å². The second kappa shape index (κ2) is 12.1. The largest absolute Gasteiger partial charge is 0.357 e. The Kier molecular flexibility index (Phi) is 11.0. The van der Waals surface area contributed by atoms with Crippen LogP contribution in [0.15, 0.2) is 10.4 Å². The maximum Gasteiger partial charge on any atom is 0.191 e. The Morgan fingerprint density at radius 2 is 1.96 bits per heavy atom. The minimum absolute atomic E-state index is 0. The van der Waals surface area contributed by atoms with Crippen molar-refractivity contribution in [1.29, 1.82) is 0 Å². The van der Waals surface area contributed by atoms with Gasteiger partial charge in [-0.15, -0.1) is 35.3 Å². The zero-order valence-electron chi connectivity index (χ0n) is 16.8. The van der Waals surface area contributed by atoms with Gasteiger partial charge in [-0.2, -0.15) is 0 Å². The molecule has 0 radical (unpaired) electrons. The van der Waals surface area contributed by atoms with Crippen LogP contribution < -0.4 is 10.6 Å². The summed E-state index contributed by atoms with van der Waals surface area (Å²) >= 11 is 1.76. The van der Waals surface area contributed by atoms with Gasteiger partial charge in [-0.1, -0.05) is 13.3 Å². The van der Waals surface area contributed by atoms with Gasteiger partial charge >= 0.3 is 0 Å². The van der Waals surface area contributed by atoms with Crippen molar-refractivity contribution in [2.75, 3.05) is 32.7 Å². The van der Waals surface area contributed by atoms with Crippen LogP contribution in [0.4, 0.5) is 0 Å². The maximum absolute atomic E-state index is 4.85. The zero-order chi connectivity index (χ0) is 18.1. The van der Waals surface area contributed by atoms with E-state index in [9.17, 15) is 0 Å². The molecule has 7 heteroatoms. The molecule has 5 nitrogen and oxygen atoms in total. The van der Waals surface area contributed by atoms with Crippen LogP contribution in [0.2, 0.25) is 0 Å². The summed E-state index contributed by atoms with van der Waals surface area (Å²) in [6, 6.07) is 0. The third kappa shape index (κ3) is 7.68. The number of likely N-dealkylation sites (tertiary alicyclic amines) is 1. The average Bonchev–Trinajstić information content (AvgIpc) is 3.08. The van der Waals surface area contributed by atoms with Crippen molar-refractivity contribution in [1.82, 2.24) is 20.5 Å². The standard InChI is InChI=1S/C19H35N5S.HI/c1-5-17-23-16(14-25-17)10-11-21-18(20-6-2)22-15-19(3,4)24-12-8-7-9-13-24;/h14H,5-13,15H2,1-4H3,(H2,20,21,22);1H. The Labute approximate surface area is 180 Å². The van der Waals surface area contributed by atoms with Crippen LogP contribution in [-0.2, 0) is 12.8 Å². The molecule has 2 heterocycles. The van der Waals surface area contributed by atoms with E-state index in [1.807, 2.05) is 0 Å². The number of hydrogen-bond acceptors (Lipinski definition) is 4. The van der Waals surface area contributed by atoms with Crippen molar-refractivity contribution in [3.63, 3.8) is 0 Å². The summed E-state index contributed by atoms with van der Waals surface area (Å²) in [7, 11) is 0. The number of aliphatic imine (C=N–C) groups is 1. The van der Waals surface area contributed by atoms with Crippen molar-refractivity contribution in [3.05, 3.63) is 16.1 Å². The van der Waals surface area contributed by atoms with Gasteiger partial charge < -0.3 is 10.6 Å². The van der Waals surface area contributed by atoms with Crippen molar-refractivity contribution >= 4 is 41.3 Å². The average molecular weight is 494 g/mol. The molecule has 0 saturated carbocycles. The van der Waals surface area contributed by atoms with E-state index in [4.69, 9.17) is 4.99 Å². The Morgan fingerprint density at radius 3 is 2.58 bits per heavy atom. The van der Waals surface area contributed by atoms with Crippen molar-refractivity contribution in [3.8, 4) is 0 Å².